The van der Waals surface area contributed by atoms with Crippen LogP contribution in [0.2, 0.25) is 0 Å². The molecule has 0 saturated heterocycles. The van der Waals surface area contributed by atoms with E-state index in [-0.39, 0.29) is 0 Å². The van der Waals surface area contributed by atoms with Crippen LogP contribution >= 0.6 is 0 Å². The lowest BCUT2D eigenvalue weighted by Gasteiger charge is -2.24. The number of nitriles is 1. The van der Waals surface area contributed by atoms with Gasteiger partial charge >= 0.3 is 0 Å². The fourth-order valence-corrected chi connectivity index (χ4v) is 5.15. The molecule has 1 heteroatoms. The first-order valence-corrected chi connectivity index (χ1v) is 12.1. The molecule has 0 spiro atoms. The Kier molecular flexibility index (Phi) is 5.62. The molecule has 0 fully saturated rings. The second kappa shape index (κ2) is 9.37. The number of nitrogens with zero attached hydrogens (tertiary/aromatic N) is 1. The Morgan fingerprint density at radius 1 is 0.361 bits per heavy atom. The van der Waals surface area contributed by atoms with E-state index in [2.05, 4.69) is 127 Å². The van der Waals surface area contributed by atoms with E-state index in [1.807, 2.05) is 18.2 Å². The predicted molar refractivity (Wildman–Crippen MR) is 150 cm³/mol. The van der Waals surface area contributed by atoms with Gasteiger partial charge in [0.05, 0.1) is 11.6 Å². The van der Waals surface area contributed by atoms with Crippen molar-refractivity contribution >= 4 is 10.8 Å². The van der Waals surface area contributed by atoms with E-state index < -0.39 is 0 Å². The van der Waals surface area contributed by atoms with Crippen molar-refractivity contribution in [3.63, 3.8) is 0 Å². The van der Waals surface area contributed by atoms with Crippen molar-refractivity contribution in [2.24, 2.45) is 0 Å². The molecular weight excluding hydrogens is 434 g/mol. The summed E-state index contributed by atoms with van der Waals surface area (Å²) in [7, 11) is 0. The van der Waals surface area contributed by atoms with Crippen molar-refractivity contribution in [2.45, 2.75) is 0 Å². The van der Waals surface area contributed by atoms with Crippen LogP contribution < -0.4 is 0 Å². The maximum absolute atomic E-state index is 9.81. The van der Waals surface area contributed by atoms with Gasteiger partial charge in [-0.05, 0) is 67.4 Å². The second-order valence-corrected chi connectivity index (χ2v) is 8.84. The van der Waals surface area contributed by atoms with Gasteiger partial charge in [-0.25, -0.2) is 0 Å². The number of hydrogen-bond donors (Lipinski definition) is 0. The van der Waals surface area contributed by atoms with Crippen LogP contribution in [0, 0.1) is 11.3 Å². The molecule has 0 unspecified atom stereocenters. The first-order chi connectivity index (χ1) is 17.8. The summed E-state index contributed by atoms with van der Waals surface area (Å²) in [6.45, 7) is 0. The van der Waals surface area contributed by atoms with Crippen LogP contribution in [0.4, 0.5) is 0 Å². The Bertz CT molecular complexity index is 1700. The average Bonchev–Trinajstić information content (AvgIpc) is 2.97. The number of fused-ring (bicyclic) bond motifs is 1. The van der Waals surface area contributed by atoms with Crippen LogP contribution in [-0.4, -0.2) is 0 Å². The summed E-state index contributed by atoms with van der Waals surface area (Å²) in [4.78, 5) is 0. The minimum Gasteiger partial charge on any atom is -0.192 e. The lowest BCUT2D eigenvalue weighted by atomic mass is 9.78. The van der Waals surface area contributed by atoms with Crippen molar-refractivity contribution in [3.8, 4) is 50.6 Å². The summed E-state index contributed by atoms with van der Waals surface area (Å²) >= 11 is 0. The minimum absolute atomic E-state index is 0.658. The summed E-state index contributed by atoms with van der Waals surface area (Å²) in [5, 5.41) is 12.0. The van der Waals surface area contributed by atoms with Gasteiger partial charge in [-0.1, -0.05) is 127 Å². The smallest absolute Gasteiger partial charge is 0.0991 e. The Hall–Kier alpha value is -4.93. The van der Waals surface area contributed by atoms with E-state index in [0.717, 1.165) is 33.0 Å². The molecule has 0 N–H and O–H groups in total. The zero-order valence-corrected chi connectivity index (χ0v) is 19.7. The van der Waals surface area contributed by atoms with E-state index in [4.69, 9.17) is 0 Å². The maximum Gasteiger partial charge on any atom is 0.0991 e. The third kappa shape index (κ3) is 3.76. The Morgan fingerprint density at radius 3 is 1.11 bits per heavy atom. The van der Waals surface area contributed by atoms with Gasteiger partial charge in [0, 0.05) is 0 Å². The fraction of sp³-hybridized carbons (Fsp3) is 0. The molecule has 0 bridgehead atoms. The quantitative estimate of drug-likeness (QED) is 0.259. The summed E-state index contributed by atoms with van der Waals surface area (Å²) in [6.07, 6.45) is 0. The van der Waals surface area contributed by atoms with Gasteiger partial charge in [0.25, 0.3) is 0 Å². The Morgan fingerprint density at radius 2 is 0.722 bits per heavy atom. The molecule has 0 aliphatic carbocycles. The SMILES string of the molecule is N#Cc1ccc2c(-c3ccccc3)c(-c3ccccc3)c(-c3ccccc3)c(-c3ccccc3)c2c1. The first kappa shape index (κ1) is 21.6. The molecule has 6 aromatic rings. The molecule has 0 radical (unpaired) electrons. The summed E-state index contributed by atoms with van der Waals surface area (Å²) in [5.41, 5.74) is 9.96. The van der Waals surface area contributed by atoms with Gasteiger partial charge < -0.3 is 0 Å². The van der Waals surface area contributed by atoms with Crippen molar-refractivity contribution in [2.75, 3.05) is 0 Å². The van der Waals surface area contributed by atoms with Gasteiger partial charge in [0.1, 0.15) is 0 Å². The standard InChI is InChI=1S/C35H23N/c36-24-25-21-22-30-31(23-25)33(27-15-7-2-8-16-27)35(29-19-11-4-12-20-29)34(28-17-9-3-10-18-28)32(30)26-13-5-1-6-14-26/h1-23H. The van der Waals surface area contributed by atoms with Gasteiger partial charge in [-0.2, -0.15) is 5.26 Å². The molecule has 0 heterocycles. The highest BCUT2D eigenvalue weighted by molar-refractivity contribution is 6.18. The second-order valence-electron chi connectivity index (χ2n) is 8.84. The van der Waals surface area contributed by atoms with Crippen LogP contribution in [0.3, 0.4) is 0 Å². The van der Waals surface area contributed by atoms with Crippen LogP contribution in [0.25, 0.3) is 55.3 Å². The number of rotatable bonds is 4. The summed E-state index contributed by atoms with van der Waals surface area (Å²) in [5.74, 6) is 0. The van der Waals surface area contributed by atoms with E-state index >= 15 is 0 Å². The van der Waals surface area contributed by atoms with Gasteiger partial charge in [0.15, 0.2) is 0 Å². The van der Waals surface area contributed by atoms with Crippen LogP contribution in [0.1, 0.15) is 5.56 Å². The fourth-order valence-electron chi connectivity index (χ4n) is 5.15. The molecule has 6 rings (SSSR count). The van der Waals surface area contributed by atoms with Crippen LogP contribution in [0.5, 0.6) is 0 Å². The molecule has 168 valence electrons. The normalized spacial score (nSPS) is 10.8. The molecule has 0 saturated carbocycles. The van der Waals surface area contributed by atoms with Crippen LogP contribution in [0.15, 0.2) is 140 Å². The molecule has 6 aromatic carbocycles. The monoisotopic (exact) mass is 457 g/mol. The molecule has 36 heavy (non-hydrogen) atoms. The Balaban J connectivity index is 1.92. The largest absolute Gasteiger partial charge is 0.192 e. The molecule has 0 amide bonds. The third-order valence-electron chi connectivity index (χ3n) is 6.69. The predicted octanol–water partition coefficient (Wildman–Crippen LogP) is 9.38. The van der Waals surface area contributed by atoms with Gasteiger partial charge in [-0.3, -0.25) is 0 Å². The van der Waals surface area contributed by atoms with Gasteiger partial charge in [-0.15, -0.1) is 0 Å². The summed E-state index contributed by atoms with van der Waals surface area (Å²) < 4.78 is 0. The molecule has 0 aliphatic rings. The molecule has 0 aromatic heterocycles. The molecule has 1 nitrogen and oxygen atoms in total. The van der Waals surface area contributed by atoms with E-state index in [9.17, 15) is 5.26 Å². The van der Waals surface area contributed by atoms with Gasteiger partial charge in [0.2, 0.25) is 0 Å². The highest BCUT2D eigenvalue weighted by atomic mass is 14.3. The highest BCUT2D eigenvalue weighted by Crippen LogP contribution is 2.50. The van der Waals surface area contributed by atoms with Crippen molar-refractivity contribution in [3.05, 3.63) is 145 Å². The molecular formula is C35H23N. The molecule has 0 aliphatic heterocycles. The summed E-state index contributed by atoms with van der Waals surface area (Å²) in [6, 6.07) is 50.8. The highest BCUT2D eigenvalue weighted by Gasteiger charge is 2.23. The van der Waals surface area contributed by atoms with E-state index in [0.29, 0.717) is 5.56 Å². The third-order valence-corrected chi connectivity index (χ3v) is 6.69. The first-order valence-electron chi connectivity index (χ1n) is 12.1. The number of benzene rings is 6. The van der Waals surface area contributed by atoms with Crippen molar-refractivity contribution in [1.82, 2.24) is 0 Å². The lowest BCUT2D eigenvalue weighted by molar-refractivity contribution is 1.49. The maximum atomic E-state index is 9.81. The topological polar surface area (TPSA) is 23.8 Å². The zero-order valence-electron chi connectivity index (χ0n) is 19.7. The van der Waals surface area contributed by atoms with E-state index in [1.54, 1.807) is 0 Å². The minimum atomic E-state index is 0.658. The zero-order chi connectivity index (χ0) is 24.3. The molecule has 0 atom stereocenters. The lowest BCUT2D eigenvalue weighted by Crippen LogP contribution is -1.97. The Labute approximate surface area is 211 Å². The van der Waals surface area contributed by atoms with Crippen molar-refractivity contribution in [1.29, 1.82) is 5.26 Å². The number of hydrogen-bond acceptors (Lipinski definition) is 1. The van der Waals surface area contributed by atoms with Crippen LogP contribution in [-0.2, 0) is 0 Å². The van der Waals surface area contributed by atoms with E-state index in [1.165, 1.54) is 22.3 Å². The van der Waals surface area contributed by atoms with Crippen molar-refractivity contribution < 1.29 is 0 Å². The average molecular weight is 458 g/mol.